The number of nitrogens with zero attached hydrogens (tertiary/aromatic N) is 2. The van der Waals surface area contributed by atoms with Crippen molar-refractivity contribution in [1.82, 2.24) is 20.9 Å². The number of carbonyl (C=O) groups excluding carboxylic acids is 1. The summed E-state index contributed by atoms with van der Waals surface area (Å²) in [7, 11) is 0. The van der Waals surface area contributed by atoms with Gasteiger partial charge in [-0.15, -0.1) is 24.0 Å². The van der Waals surface area contributed by atoms with Crippen LogP contribution in [0.1, 0.15) is 66.7 Å². The van der Waals surface area contributed by atoms with Crippen LogP contribution in [0, 0.1) is 0 Å². The van der Waals surface area contributed by atoms with Gasteiger partial charge in [-0.1, -0.05) is 13.3 Å². The van der Waals surface area contributed by atoms with Gasteiger partial charge in [0.2, 0.25) is 5.91 Å². The lowest BCUT2D eigenvalue weighted by Gasteiger charge is -2.40. The van der Waals surface area contributed by atoms with E-state index < -0.39 is 0 Å². The predicted molar refractivity (Wildman–Crippen MR) is 121 cm³/mol. The Balaban J connectivity index is 0.00000625. The highest BCUT2D eigenvalue weighted by Gasteiger charge is 2.27. The first kappa shape index (κ1) is 25.4. The zero-order valence-corrected chi connectivity index (χ0v) is 19.7. The molecule has 0 bridgehead atoms. The lowest BCUT2D eigenvalue weighted by Crippen LogP contribution is -2.49. The number of halogens is 1. The fourth-order valence-corrected chi connectivity index (χ4v) is 2.96. The molecule has 0 saturated carbocycles. The molecule has 154 valence electrons. The highest BCUT2D eigenvalue weighted by atomic mass is 127. The van der Waals surface area contributed by atoms with Crippen LogP contribution in [0.15, 0.2) is 4.99 Å². The Morgan fingerprint density at radius 2 is 1.81 bits per heavy atom. The quantitative estimate of drug-likeness (QED) is 0.269. The van der Waals surface area contributed by atoms with Crippen molar-refractivity contribution in [2.75, 3.05) is 32.7 Å². The molecular weight excluding hydrogens is 441 g/mol. The Hall–Kier alpha value is -0.570. The van der Waals surface area contributed by atoms with Gasteiger partial charge in [0.1, 0.15) is 0 Å². The number of aliphatic imine (C=N–C) groups is 1. The van der Waals surface area contributed by atoms with Crippen molar-refractivity contribution in [3.8, 4) is 0 Å². The van der Waals surface area contributed by atoms with Crippen molar-refractivity contribution in [2.45, 2.75) is 78.3 Å². The smallest absolute Gasteiger partial charge is 0.221 e. The van der Waals surface area contributed by atoms with Gasteiger partial charge in [0.05, 0.1) is 6.54 Å². The number of guanidine groups is 1. The fourth-order valence-electron chi connectivity index (χ4n) is 2.96. The first-order valence-electron chi connectivity index (χ1n) is 9.95. The van der Waals surface area contributed by atoms with Gasteiger partial charge in [-0.3, -0.25) is 14.7 Å². The largest absolute Gasteiger partial charge is 0.357 e. The average Bonchev–Trinajstić information content (AvgIpc) is 2.60. The maximum atomic E-state index is 11.9. The molecule has 1 amide bonds. The summed E-state index contributed by atoms with van der Waals surface area (Å²) in [6, 6.07) is 0.236. The molecule has 7 heteroatoms. The minimum atomic E-state index is 0. The molecule has 0 aliphatic carbocycles. The summed E-state index contributed by atoms with van der Waals surface area (Å²) in [5.41, 5.74) is 0.0662. The molecule has 1 rings (SSSR count). The fraction of sp³-hybridized carbons (Fsp3) is 0.895. The van der Waals surface area contributed by atoms with Crippen LogP contribution in [0.4, 0.5) is 0 Å². The van der Waals surface area contributed by atoms with Crippen molar-refractivity contribution in [2.24, 2.45) is 4.99 Å². The van der Waals surface area contributed by atoms with Gasteiger partial charge < -0.3 is 16.0 Å². The van der Waals surface area contributed by atoms with Gasteiger partial charge in [0.15, 0.2) is 5.96 Å². The normalized spacial score (nSPS) is 17.2. The Labute approximate surface area is 177 Å². The first-order valence-corrected chi connectivity index (χ1v) is 9.95. The first-order chi connectivity index (χ1) is 11.9. The summed E-state index contributed by atoms with van der Waals surface area (Å²) in [6.07, 6.45) is 5.34. The van der Waals surface area contributed by atoms with E-state index in [0.29, 0.717) is 13.0 Å². The van der Waals surface area contributed by atoms with Crippen LogP contribution < -0.4 is 16.0 Å². The number of piperidine rings is 1. The molecule has 1 saturated heterocycles. The van der Waals surface area contributed by atoms with E-state index in [-0.39, 0.29) is 41.5 Å². The molecule has 1 heterocycles. The van der Waals surface area contributed by atoms with E-state index in [9.17, 15) is 4.79 Å². The van der Waals surface area contributed by atoms with Crippen LogP contribution in [0.5, 0.6) is 0 Å². The van der Waals surface area contributed by atoms with E-state index >= 15 is 0 Å². The Morgan fingerprint density at radius 1 is 1.15 bits per heavy atom. The number of carbonyl (C=O) groups is 1. The van der Waals surface area contributed by atoms with E-state index in [4.69, 9.17) is 4.99 Å². The lowest BCUT2D eigenvalue weighted by molar-refractivity contribution is -0.121. The van der Waals surface area contributed by atoms with Crippen molar-refractivity contribution in [3.05, 3.63) is 0 Å². The van der Waals surface area contributed by atoms with E-state index in [1.807, 2.05) is 6.92 Å². The van der Waals surface area contributed by atoms with Crippen molar-refractivity contribution in [3.63, 3.8) is 0 Å². The maximum absolute atomic E-state index is 11.9. The molecule has 1 fully saturated rings. The summed E-state index contributed by atoms with van der Waals surface area (Å²) >= 11 is 0. The second-order valence-corrected chi connectivity index (χ2v) is 7.61. The van der Waals surface area contributed by atoms with Gasteiger partial charge in [-0.2, -0.15) is 0 Å². The summed E-state index contributed by atoms with van der Waals surface area (Å²) in [6.45, 7) is 15.2. The van der Waals surface area contributed by atoms with Gasteiger partial charge in [-0.05, 0) is 60.0 Å². The molecule has 0 aromatic heterocycles. The minimum Gasteiger partial charge on any atom is -0.357 e. The number of amides is 1. The molecule has 1 unspecified atom stereocenters. The third-order valence-electron chi connectivity index (χ3n) is 4.84. The topological polar surface area (TPSA) is 68.8 Å². The highest BCUT2D eigenvalue weighted by molar-refractivity contribution is 14.0. The molecule has 6 nitrogen and oxygen atoms in total. The summed E-state index contributed by atoms with van der Waals surface area (Å²) < 4.78 is 0. The van der Waals surface area contributed by atoms with Gasteiger partial charge in [0.25, 0.3) is 0 Å². The Morgan fingerprint density at radius 3 is 2.38 bits per heavy atom. The van der Waals surface area contributed by atoms with E-state index in [1.165, 1.54) is 32.4 Å². The van der Waals surface area contributed by atoms with Gasteiger partial charge >= 0.3 is 0 Å². The number of nitrogens with one attached hydrogen (secondary N) is 3. The second-order valence-electron chi connectivity index (χ2n) is 7.61. The third kappa shape index (κ3) is 9.94. The molecule has 3 N–H and O–H groups in total. The Bertz CT molecular complexity index is 422. The van der Waals surface area contributed by atoms with E-state index in [1.54, 1.807) is 0 Å². The monoisotopic (exact) mass is 481 g/mol. The molecule has 0 radical (unpaired) electrons. The lowest BCUT2D eigenvalue weighted by atomic mass is 9.99. The maximum Gasteiger partial charge on any atom is 0.221 e. The molecular formula is C19H40IN5O. The van der Waals surface area contributed by atoms with Crippen LogP contribution in [-0.2, 0) is 4.79 Å². The van der Waals surface area contributed by atoms with Crippen molar-refractivity contribution >= 4 is 35.8 Å². The van der Waals surface area contributed by atoms with Crippen LogP contribution in [0.3, 0.4) is 0 Å². The van der Waals surface area contributed by atoms with Crippen molar-refractivity contribution < 1.29 is 4.79 Å². The second kappa shape index (κ2) is 13.6. The molecule has 0 aromatic carbocycles. The molecule has 0 spiro atoms. The highest BCUT2D eigenvalue weighted by Crippen LogP contribution is 2.20. The zero-order valence-electron chi connectivity index (χ0n) is 17.4. The predicted octanol–water partition coefficient (Wildman–Crippen LogP) is 2.73. The summed E-state index contributed by atoms with van der Waals surface area (Å²) in [5.74, 6) is 0.885. The molecule has 26 heavy (non-hydrogen) atoms. The van der Waals surface area contributed by atoms with E-state index in [2.05, 4.69) is 48.5 Å². The number of likely N-dealkylation sites (tertiary alicyclic amines) is 1. The van der Waals surface area contributed by atoms with Crippen LogP contribution in [-0.4, -0.2) is 61.1 Å². The van der Waals surface area contributed by atoms with Gasteiger partial charge in [0, 0.05) is 31.1 Å². The zero-order chi connectivity index (χ0) is 18.7. The van der Waals surface area contributed by atoms with Gasteiger partial charge in [-0.25, -0.2) is 0 Å². The number of rotatable bonds is 9. The third-order valence-corrected chi connectivity index (χ3v) is 4.84. The average molecular weight is 481 g/mol. The molecule has 1 aliphatic rings. The van der Waals surface area contributed by atoms with Crippen LogP contribution in [0.25, 0.3) is 0 Å². The molecule has 1 aliphatic heterocycles. The van der Waals surface area contributed by atoms with Crippen LogP contribution >= 0.6 is 24.0 Å². The SMILES string of the molecule is CCNC(=NCC(C)(C)N1CCCCC1)NCCC(=O)NC(C)CC.I. The van der Waals surface area contributed by atoms with E-state index in [0.717, 1.165) is 25.5 Å². The number of hydrogen-bond acceptors (Lipinski definition) is 3. The summed E-state index contributed by atoms with van der Waals surface area (Å²) in [5, 5.41) is 9.54. The minimum absolute atomic E-state index is 0. The molecule has 0 aromatic rings. The standard InChI is InChI=1S/C19H39N5O.HI/c1-6-16(3)23-17(25)11-12-21-18(20-7-2)22-15-19(4,5)24-13-9-8-10-14-24;/h16H,6-15H2,1-5H3,(H,23,25)(H2,20,21,22);1H. The Kier molecular flexibility index (Phi) is 13.3. The van der Waals surface area contributed by atoms with Crippen molar-refractivity contribution in [1.29, 1.82) is 0 Å². The number of hydrogen-bond donors (Lipinski definition) is 3. The molecule has 1 atom stereocenters. The van der Waals surface area contributed by atoms with Crippen LogP contribution in [0.2, 0.25) is 0 Å². The summed E-state index contributed by atoms with van der Waals surface area (Å²) in [4.78, 5) is 19.2.